The van der Waals surface area contributed by atoms with Crippen molar-refractivity contribution in [2.24, 2.45) is 0 Å². The number of hydrogen-bond donors (Lipinski definition) is 3. The van der Waals surface area contributed by atoms with E-state index in [0.29, 0.717) is 23.7 Å². The van der Waals surface area contributed by atoms with Gasteiger partial charge in [0.05, 0.1) is 5.56 Å². The second-order valence-corrected chi connectivity index (χ2v) is 5.10. The number of carboxylic acids is 1. The van der Waals surface area contributed by atoms with Crippen LogP contribution in [0.1, 0.15) is 36.5 Å². The minimum atomic E-state index is -1.07. The third-order valence-corrected chi connectivity index (χ3v) is 3.44. The lowest BCUT2D eigenvalue weighted by Gasteiger charge is -2.14. The number of carbonyl (C=O) groups excluding carboxylic acids is 1. The lowest BCUT2D eigenvalue weighted by molar-refractivity contribution is -0.139. The van der Waals surface area contributed by atoms with Crippen LogP contribution in [0.5, 0.6) is 0 Å². The molecule has 0 aliphatic rings. The SMILES string of the molecule is CCCCC(NC(=O)c1cc(=O)[nH]c2ccccc12)C(=O)O. The van der Waals surface area contributed by atoms with Crippen LogP contribution in [-0.2, 0) is 4.79 Å². The van der Waals surface area contributed by atoms with Crippen molar-refractivity contribution in [1.82, 2.24) is 10.3 Å². The van der Waals surface area contributed by atoms with E-state index < -0.39 is 23.5 Å². The van der Waals surface area contributed by atoms with E-state index in [2.05, 4.69) is 10.3 Å². The van der Waals surface area contributed by atoms with Gasteiger partial charge in [-0.25, -0.2) is 4.79 Å². The van der Waals surface area contributed by atoms with Crippen LogP contribution >= 0.6 is 0 Å². The van der Waals surface area contributed by atoms with Gasteiger partial charge in [-0.3, -0.25) is 9.59 Å². The molecule has 22 heavy (non-hydrogen) atoms. The van der Waals surface area contributed by atoms with E-state index in [1.54, 1.807) is 24.3 Å². The number of hydrogen-bond acceptors (Lipinski definition) is 3. The highest BCUT2D eigenvalue weighted by Crippen LogP contribution is 2.15. The predicted molar refractivity (Wildman–Crippen MR) is 83.0 cm³/mol. The molecule has 0 fully saturated rings. The molecule has 0 aliphatic carbocycles. The summed E-state index contributed by atoms with van der Waals surface area (Å²) in [5, 5.41) is 12.3. The molecule has 6 nitrogen and oxygen atoms in total. The molecule has 0 saturated heterocycles. The zero-order chi connectivity index (χ0) is 16.1. The molecular weight excluding hydrogens is 284 g/mol. The zero-order valence-corrected chi connectivity index (χ0v) is 12.3. The number of nitrogens with one attached hydrogen (secondary N) is 2. The summed E-state index contributed by atoms with van der Waals surface area (Å²) in [7, 11) is 0. The van der Waals surface area contributed by atoms with Crippen molar-refractivity contribution in [2.45, 2.75) is 32.2 Å². The number of aromatic nitrogens is 1. The number of para-hydroxylation sites is 1. The molecular formula is C16H18N2O4. The Hall–Kier alpha value is -2.63. The quantitative estimate of drug-likeness (QED) is 0.759. The number of rotatable bonds is 6. The summed E-state index contributed by atoms with van der Waals surface area (Å²) in [5.41, 5.74) is 0.326. The molecule has 2 aromatic rings. The number of pyridine rings is 1. The molecule has 1 amide bonds. The average Bonchev–Trinajstić information content (AvgIpc) is 2.49. The second-order valence-electron chi connectivity index (χ2n) is 5.10. The maximum atomic E-state index is 12.4. The van der Waals surface area contributed by atoms with Crippen molar-refractivity contribution in [3.63, 3.8) is 0 Å². The van der Waals surface area contributed by atoms with E-state index in [4.69, 9.17) is 0 Å². The Kier molecular flexibility index (Phi) is 4.93. The Morgan fingerprint density at radius 3 is 2.73 bits per heavy atom. The van der Waals surface area contributed by atoms with Gasteiger partial charge in [0, 0.05) is 17.0 Å². The van der Waals surface area contributed by atoms with Crippen molar-refractivity contribution in [1.29, 1.82) is 0 Å². The number of unbranched alkanes of at least 4 members (excludes halogenated alkanes) is 1. The van der Waals surface area contributed by atoms with Crippen LogP contribution in [-0.4, -0.2) is 28.0 Å². The fourth-order valence-corrected chi connectivity index (χ4v) is 2.29. The van der Waals surface area contributed by atoms with Gasteiger partial charge in [-0.15, -0.1) is 0 Å². The Morgan fingerprint density at radius 1 is 1.32 bits per heavy atom. The van der Waals surface area contributed by atoms with Gasteiger partial charge in [0.15, 0.2) is 0 Å². The molecule has 0 spiro atoms. The molecule has 0 aliphatic heterocycles. The Balaban J connectivity index is 2.32. The van der Waals surface area contributed by atoms with Gasteiger partial charge in [-0.05, 0) is 12.5 Å². The summed E-state index contributed by atoms with van der Waals surface area (Å²) in [4.78, 5) is 37.9. The number of fused-ring (bicyclic) bond motifs is 1. The maximum Gasteiger partial charge on any atom is 0.326 e. The first-order valence-electron chi connectivity index (χ1n) is 7.18. The maximum absolute atomic E-state index is 12.4. The van der Waals surface area contributed by atoms with Crippen LogP contribution in [0.25, 0.3) is 10.9 Å². The molecule has 6 heteroatoms. The Bertz CT molecular complexity index is 751. The lowest BCUT2D eigenvalue weighted by atomic mass is 10.1. The number of H-pyrrole nitrogens is 1. The Labute approximate surface area is 127 Å². The van der Waals surface area contributed by atoms with Gasteiger partial charge < -0.3 is 15.4 Å². The van der Waals surface area contributed by atoms with Gasteiger partial charge in [-0.1, -0.05) is 38.0 Å². The van der Waals surface area contributed by atoms with Gasteiger partial charge in [-0.2, -0.15) is 0 Å². The third kappa shape index (κ3) is 3.52. The van der Waals surface area contributed by atoms with Crippen molar-refractivity contribution >= 4 is 22.8 Å². The predicted octanol–water partition coefficient (Wildman–Crippen LogP) is 1.90. The van der Waals surface area contributed by atoms with Crippen LogP contribution in [0.4, 0.5) is 0 Å². The number of amides is 1. The molecule has 0 bridgehead atoms. The molecule has 116 valence electrons. The molecule has 0 saturated carbocycles. The van der Waals surface area contributed by atoms with Crippen LogP contribution < -0.4 is 10.9 Å². The first kappa shape index (κ1) is 15.8. The first-order chi connectivity index (χ1) is 10.5. The number of benzene rings is 1. The molecule has 1 aromatic carbocycles. The van der Waals surface area contributed by atoms with E-state index in [-0.39, 0.29) is 5.56 Å². The van der Waals surface area contributed by atoms with E-state index in [9.17, 15) is 19.5 Å². The number of carboxylic acid groups (broad SMARTS) is 1. The summed E-state index contributed by atoms with van der Waals surface area (Å²) >= 11 is 0. The normalized spacial score (nSPS) is 12.0. The van der Waals surface area contributed by atoms with E-state index in [0.717, 1.165) is 6.42 Å². The van der Waals surface area contributed by atoms with Gasteiger partial charge >= 0.3 is 5.97 Å². The molecule has 3 N–H and O–H groups in total. The molecule has 1 atom stereocenters. The standard InChI is InChI=1S/C16H18N2O4/c1-2-3-7-13(16(21)22)18-15(20)11-9-14(19)17-12-8-5-4-6-10(11)12/h4-6,8-9,13H,2-3,7H2,1H3,(H,17,19)(H,18,20)(H,21,22). The average molecular weight is 302 g/mol. The smallest absolute Gasteiger partial charge is 0.326 e. The second kappa shape index (κ2) is 6.89. The third-order valence-electron chi connectivity index (χ3n) is 3.44. The van der Waals surface area contributed by atoms with Gasteiger partial charge in [0.25, 0.3) is 5.91 Å². The summed E-state index contributed by atoms with van der Waals surface area (Å²) in [6, 6.07) is 7.15. The van der Waals surface area contributed by atoms with Crippen molar-refractivity contribution in [3.05, 3.63) is 46.2 Å². The van der Waals surface area contributed by atoms with Crippen LogP contribution in [0.3, 0.4) is 0 Å². The van der Waals surface area contributed by atoms with Crippen molar-refractivity contribution < 1.29 is 14.7 Å². The number of aromatic amines is 1. The first-order valence-corrected chi connectivity index (χ1v) is 7.18. The summed E-state index contributed by atoms with van der Waals surface area (Å²) < 4.78 is 0. The fraction of sp³-hybridized carbons (Fsp3) is 0.312. The molecule has 0 radical (unpaired) electrons. The lowest BCUT2D eigenvalue weighted by Crippen LogP contribution is -2.41. The van der Waals surface area contributed by atoms with E-state index in [1.165, 1.54) is 6.07 Å². The molecule has 2 rings (SSSR count). The number of aliphatic carboxylic acids is 1. The van der Waals surface area contributed by atoms with E-state index in [1.807, 2.05) is 6.92 Å². The van der Waals surface area contributed by atoms with Crippen LogP contribution in [0, 0.1) is 0 Å². The summed E-state index contributed by atoms with van der Waals surface area (Å²) in [6.45, 7) is 1.95. The number of carbonyl (C=O) groups is 2. The minimum Gasteiger partial charge on any atom is -0.480 e. The Morgan fingerprint density at radius 2 is 2.05 bits per heavy atom. The highest BCUT2D eigenvalue weighted by Gasteiger charge is 2.21. The zero-order valence-electron chi connectivity index (χ0n) is 12.3. The van der Waals surface area contributed by atoms with Crippen molar-refractivity contribution in [2.75, 3.05) is 0 Å². The summed E-state index contributed by atoms with van der Waals surface area (Å²) in [5.74, 6) is -1.62. The van der Waals surface area contributed by atoms with Gasteiger partial charge in [0.2, 0.25) is 5.56 Å². The molecule has 1 heterocycles. The highest BCUT2D eigenvalue weighted by molar-refractivity contribution is 6.06. The largest absolute Gasteiger partial charge is 0.480 e. The van der Waals surface area contributed by atoms with Crippen LogP contribution in [0.2, 0.25) is 0 Å². The fourth-order valence-electron chi connectivity index (χ4n) is 2.29. The van der Waals surface area contributed by atoms with Crippen molar-refractivity contribution in [3.8, 4) is 0 Å². The molecule has 1 aromatic heterocycles. The van der Waals surface area contributed by atoms with E-state index >= 15 is 0 Å². The summed E-state index contributed by atoms with van der Waals surface area (Å²) in [6.07, 6.45) is 1.90. The topological polar surface area (TPSA) is 99.3 Å². The van der Waals surface area contributed by atoms with Crippen LogP contribution in [0.15, 0.2) is 35.1 Å². The monoisotopic (exact) mass is 302 g/mol. The molecule has 1 unspecified atom stereocenters. The highest BCUT2D eigenvalue weighted by atomic mass is 16.4. The van der Waals surface area contributed by atoms with Gasteiger partial charge in [0.1, 0.15) is 6.04 Å². The minimum absolute atomic E-state index is 0.182.